The molecule has 0 radical (unpaired) electrons. The third-order valence-corrected chi connectivity index (χ3v) is 8.03. The van der Waals surface area contributed by atoms with Gasteiger partial charge in [0.25, 0.3) is 5.91 Å². The van der Waals surface area contributed by atoms with Crippen molar-refractivity contribution in [2.24, 2.45) is 0 Å². The minimum absolute atomic E-state index is 0.0214. The van der Waals surface area contributed by atoms with Gasteiger partial charge in [-0.3, -0.25) is 9.59 Å². The zero-order valence-electron chi connectivity index (χ0n) is 22.0. The Morgan fingerprint density at radius 3 is 2.60 bits per heavy atom. The van der Waals surface area contributed by atoms with Gasteiger partial charge in [0.05, 0.1) is 11.9 Å². The van der Waals surface area contributed by atoms with Gasteiger partial charge in [0.1, 0.15) is 12.1 Å². The Morgan fingerprint density at radius 2 is 1.82 bits per heavy atom. The predicted octanol–water partition coefficient (Wildman–Crippen LogP) is 4.98. The second kappa shape index (κ2) is 12.8. The molecule has 11 heteroatoms. The molecule has 1 saturated heterocycles. The first-order valence-electron chi connectivity index (χ1n) is 13.5. The fraction of sp³-hybridized carbons (Fsp3) is 0.379. The Hall–Kier alpha value is -3.40. The van der Waals surface area contributed by atoms with E-state index in [0.717, 1.165) is 37.7 Å². The molecule has 2 aromatic carbocycles. The highest BCUT2D eigenvalue weighted by Gasteiger charge is 2.31. The average Bonchev–Trinajstić information content (AvgIpc) is 3.47. The molecule has 1 amide bonds. The van der Waals surface area contributed by atoms with Gasteiger partial charge in [0, 0.05) is 39.3 Å². The molecule has 2 atom stereocenters. The lowest BCUT2D eigenvalue weighted by molar-refractivity contribution is -0.152. The highest BCUT2D eigenvalue weighted by Crippen LogP contribution is 2.27. The molecule has 1 saturated carbocycles. The van der Waals surface area contributed by atoms with Crippen LogP contribution in [0.25, 0.3) is 11.3 Å². The van der Waals surface area contributed by atoms with Crippen molar-refractivity contribution in [1.82, 2.24) is 20.6 Å². The number of nitrogen functional groups attached to an aromatic ring is 1. The summed E-state index contributed by atoms with van der Waals surface area (Å²) < 4.78 is 5.67. The number of nitrogens with one attached hydrogen (secondary N) is 3. The normalized spacial score (nSPS) is 19.2. The van der Waals surface area contributed by atoms with Crippen LogP contribution in [0.5, 0.6) is 0 Å². The number of hydrogen-bond donors (Lipinski definition) is 4. The number of hydrogen-bond acceptors (Lipinski definition) is 8. The second-order valence-corrected chi connectivity index (χ2v) is 11.0. The first-order chi connectivity index (χ1) is 19.4. The highest BCUT2D eigenvalue weighted by atomic mass is 35.5. The van der Waals surface area contributed by atoms with Crippen molar-refractivity contribution in [3.05, 3.63) is 69.8 Å². The molecule has 2 fully saturated rings. The number of benzene rings is 2. The van der Waals surface area contributed by atoms with Crippen LogP contribution in [0.1, 0.15) is 54.4 Å². The number of nitrogens with two attached hydrogens (primary N) is 1. The molecule has 3 aromatic rings. The van der Waals surface area contributed by atoms with Gasteiger partial charge in [-0.05, 0) is 69.3 Å². The Kier molecular flexibility index (Phi) is 9.04. The van der Waals surface area contributed by atoms with Gasteiger partial charge < -0.3 is 26.4 Å². The summed E-state index contributed by atoms with van der Waals surface area (Å²) in [7, 11) is 0. The van der Waals surface area contributed by atoms with E-state index < -0.39 is 6.04 Å². The Labute approximate surface area is 243 Å². The minimum Gasteiger partial charge on any atom is -0.461 e. The van der Waals surface area contributed by atoms with Crippen molar-refractivity contribution in [2.45, 2.75) is 63.3 Å². The van der Waals surface area contributed by atoms with Gasteiger partial charge in [-0.25, -0.2) is 9.97 Å². The molecular weight excluding hydrogens is 551 g/mol. The number of carbonyl (C=O) groups is 2. The zero-order valence-corrected chi connectivity index (χ0v) is 23.5. The summed E-state index contributed by atoms with van der Waals surface area (Å²) in [5.41, 5.74) is 8.53. The van der Waals surface area contributed by atoms with Crippen LogP contribution >= 0.6 is 23.2 Å². The van der Waals surface area contributed by atoms with Crippen molar-refractivity contribution in [2.75, 3.05) is 17.6 Å². The van der Waals surface area contributed by atoms with E-state index in [1.165, 1.54) is 0 Å². The van der Waals surface area contributed by atoms with E-state index in [4.69, 9.17) is 33.7 Å². The Bertz CT molecular complexity index is 1360. The topological polar surface area (TPSA) is 131 Å². The largest absolute Gasteiger partial charge is 0.461 e. The number of amides is 1. The average molecular weight is 584 g/mol. The maximum absolute atomic E-state index is 13.2. The summed E-state index contributed by atoms with van der Waals surface area (Å²) in [6, 6.07) is 11.9. The van der Waals surface area contributed by atoms with E-state index in [1.54, 1.807) is 42.6 Å². The van der Waals surface area contributed by atoms with Gasteiger partial charge in [0.15, 0.2) is 11.6 Å². The lowest BCUT2D eigenvalue weighted by atomic mass is 9.98. The number of ether oxygens (including phenoxy) is 1. The van der Waals surface area contributed by atoms with Crippen molar-refractivity contribution >= 4 is 46.7 Å². The van der Waals surface area contributed by atoms with Crippen LogP contribution in [0.15, 0.2) is 48.7 Å². The van der Waals surface area contributed by atoms with Crippen molar-refractivity contribution in [3.63, 3.8) is 0 Å². The zero-order chi connectivity index (χ0) is 28.1. The number of rotatable bonds is 8. The van der Waals surface area contributed by atoms with E-state index in [0.29, 0.717) is 52.2 Å². The Morgan fingerprint density at radius 1 is 1.07 bits per heavy atom. The van der Waals surface area contributed by atoms with E-state index in [1.807, 2.05) is 6.07 Å². The molecule has 1 aliphatic heterocycles. The number of carbonyl (C=O) groups excluding carboxylic acids is 2. The van der Waals surface area contributed by atoms with Gasteiger partial charge in [-0.15, -0.1) is 0 Å². The smallest absolute Gasteiger partial charge is 0.323 e. The van der Waals surface area contributed by atoms with Crippen molar-refractivity contribution in [3.8, 4) is 11.3 Å². The number of esters is 1. The first kappa shape index (κ1) is 28.1. The number of nitrogens with zero attached hydrogens (tertiary/aromatic N) is 2. The van der Waals surface area contributed by atoms with Crippen LogP contribution in [0.2, 0.25) is 10.0 Å². The lowest BCUT2D eigenvalue weighted by Crippen LogP contribution is -2.51. The molecule has 0 spiro atoms. The molecule has 5 rings (SSSR count). The van der Waals surface area contributed by atoms with Crippen LogP contribution in [-0.4, -0.2) is 46.6 Å². The van der Waals surface area contributed by atoms with E-state index in [2.05, 4.69) is 25.9 Å². The number of halogens is 2. The second-order valence-electron chi connectivity index (χ2n) is 10.2. The SMILES string of the molecule is Nc1ncc(-c2cccc(C(=O)NC3CCN[C@@H](C(=O)OC4CCCC4)C3)c2)nc1NCc1c(Cl)cccc1Cl. The number of aromatic nitrogens is 2. The molecule has 5 N–H and O–H groups in total. The van der Waals surface area contributed by atoms with E-state index >= 15 is 0 Å². The maximum atomic E-state index is 13.2. The predicted molar refractivity (Wildman–Crippen MR) is 156 cm³/mol. The summed E-state index contributed by atoms with van der Waals surface area (Å²) in [5, 5.41) is 10.5. The molecule has 210 valence electrons. The van der Waals surface area contributed by atoms with Crippen molar-refractivity contribution < 1.29 is 14.3 Å². The minimum atomic E-state index is -0.414. The number of anilines is 2. The van der Waals surface area contributed by atoms with Crippen LogP contribution < -0.4 is 21.7 Å². The standard InChI is InChI=1S/C29H32Cl2N6O3/c30-22-9-4-10-23(31)21(22)15-35-27-26(32)34-16-25(37-27)17-5-3-6-18(13-17)28(38)36-19-11-12-33-24(14-19)29(39)40-20-7-1-2-8-20/h3-6,9-10,13,16,19-20,24,33H,1-2,7-8,11-12,14-15H2,(H2,32,34)(H,35,37)(H,36,38)/t19?,24-/m1/s1. The third-order valence-electron chi connectivity index (χ3n) is 7.32. The molecule has 2 heterocycles. The van der Waals surface area contributed by atoms with E-state index in [9.17, 15) is 9.59 Å². The fourth-order valence-corrected chi connectivity index (χ4v) is 5.64. The van der Waals surface area contributed by atoms with Gasteiger partial charge in [0.2, 0.25) is 0 Å². The molecule has 2 aliphatic rings. The molecule has 1 unspecified atom stereocenters. The first-order valence-corrected chi connectivity index (χ1v) is 14.3. The van der Waals surface area contributed by atoms with Crippen LogP contribution in [0.4, 0.5) is 11.6 Å². The summed E-state index contributed by atoms with van der Waals surface area (Å²) in [6.45, 7) is 0.945. The highest BCUT2D eigenvalue weighted by molar-refractivity contribution is 6.36. The summed E-state index contributed by atoms with van der Waals surface area (Å²) >= 11 is 12.6. The molecule has 40 heavy (non-hydrogen) atoms. The fourth-order valence-electron chi connectivity index (χ4n) is 5.11. The third kappa shape index (κ3) is 6.83. The van der Waals surface area contributed by atoms with Gasteiger partial charge in [-0.1, -0.05) is 41.4 Å². The lowest BCUT2D eigenvalue weighted by Gasteiger charge is -2.30. The van der Waals surface area contributed by atoms with Crippen LogP contribution in [0, 0.1) is 0 Å². The molecule has 1 aromatic heterocycles. The number of piperidine rings is 1. The van der Waals surface area contributed by atoms with Crippen LogP contribution in [-0.2, 0) is 16.1 Å². The summed E-state index contributed by atoms with van der Waals surface area (Å²) in [6.07, 6.45) is 6.87. The van der Waals surface area contributed by atoms with Crippen molar-refractivity contribution in [1.29, 1.82) is 0 Å². The van der Waals surface area contributed by atoms with Gasteiger partial charge >= 0.3 is 5.97 Å². The maximum Gasteiger partial charge on any atom is 0.323 e. The monoisotopic (exact) mass is 582 g/mol. The van der Waals surface area contributed by atoms with Gasteiger partial charge in [-0.2, -0.15) is 0 Å². The Balaban J connectivity index is 1.23. The summed E-state index contributed by atoms with van der Waals surface area (Å²) in [4.78, 5) is 34.7. The quantitative estimate of drug-likeness (QED) is 0.273. The van der Waals surface area contributed by atoms with E-state index in [-0.39, 0.29) is 29.8 Å². The molecule has 9 nitrogen and oxygen atoms in total. The summed E-state index contributed by atoms with van der Waals surface area (Å²) in [5.74, 6) is 0.170. The van der Waals surface area contributed by atoms with Crippen LogP contribution in [0.3, 0.4) is 0 Å². The molecule has 0 bridgehead atoms. The molecule has 1 aliphatic carbocycles. The molecular formula is C29H32Cl2N6O3.